The molecule has 0 heterocycles. The Morgan fingerprint density at radius 1 is 1.00 bits per heavy atom. The summed E-state index contributed by atoms with van der Waals surface area (Å²) in [5.74, 6) is -3.27. The van der Waals surface area contributed by atoms with Crippen molar-refractivity contribution in [3.8, 4) is 5.75 Å². The minimum absolute atomic E-state index is 0.0884. The first-order valence-electron chi connectivity index (χ1n) is 8.68. The monoisotopic (exact) mass is 542 g/mol. The molecule has 0 radical (unpaired) electrons. The summed E-state index contributed by atoms with van der Waals surface area (Å²) in [5, 5.41) is 11.9. The maximum atomic E-state index is 14.4. The van der Waals surface area contributed by atoms with Crippen LogP contribution in [0, 0.1) is 17.0 Å². The third-order valence-electron chi connectivity index (χ3n) is 4.36. The summed E-state index contributed by atoms with van der Waals surface area (Å²) in [6.45, 7) is 0.657. The van der Waals surface area contributed by atoms with Gasteiger partial charge in [-0.1, -0.05) is 17.7 Å². The van der Waals surface area contributed by atoms with Crippen LogP contribution in [0.4, 0.5) is 55.3 Å². The van der Waals surface area contributed by atoms with E-state index in [4.69, 9.17) is 11.6 Å². The Kier molecular flexibility index (Phi) is 7.23. The molecule has 0 bridgehead atoms. The van der Waals surface area contributed by atoms with Crippen LogP contribution in [0.1, 0.15) is 21.5 Å². The van der Waals surface area contributed by atoms with E-state index in [-0.39, 0.29) is 6.07 Å². The average Bonchev–Trinajstić information content (AvgIpc) is 2.66. The van der Waals surface area contributed by atoms with E-state index in [1.54, 1.807) is 5.32 Å². The van der Waals surface area contributed by atoms with Gasteiger partial charge in [-0.2, -0.15) is 26.3 Å². The fourth-order valence-corrected chi connectivity index (χ4v) is 3.10. The molecule has 2 aromatic carbocycles. The summed E-state index contributed by atoms with van der Waals surface area (Å²) < 4.78 is 135. The summed E-state index contributed by atoms with van der Waals surface area (Å²) in [4.78, 5) is 22.4. The van der Waals surface area contributed by atoms with Crippen molar-refractivity contribution in [3.63, 3.8) is 0 Å². The number of nitrogens with zero attached hydrogens (tertiary/aromatic N) is 1. The Labute approximate surface area is 192 Å². The van der Waals surface area contributed by atoms with Crippen LogP contribution >= 0.6 is 11.6 Å². The third-order valence-corrected chi connectivity index (χ3v) is 4.76. The molecular weight excluding hydrogens is 534 g/mol. The predicted octanol–water partition coefficient (Wildman–Crippen LogP) is 7.00. The fraction of sp³-hybridized carbons (Fsp3) is 0.278. The van der Waals surface area contributed by atoms with Crippen molar-refractivity contribution in [3.05, 3.63) is 62.2 Å². The molecule has 0 fully saturated rings. The van der Waals surface area contributed by atoms with E-state index in [2.05, 4.69) is 4.74 Å². The number of hydrogen-bond donors (Lipinski definition) is 1. The number of halogens is 11. The molecule has 0 spiro atoms. The third kappa shape index (κ3) is 5.52. The number of benzene rings is 2. The van der Waals surface area contributed by atoms with Gasteiger partial charge >= 0.3 is 24.4 Å². The molecule has 35 heavy (non-hydrogen) atoms. The van der Waals surface area contributed by atoms with Gasteiger partial charge in [0.25, 0.3) is 11.6 Å². The molecule has 6 nitrogen and oxygen atoms in total. The number of carbonyl (C=O) groups is 1. The first kappa shape index (κ1) is 27.9. The molecule has 0 unspecified atom stereocenters. The lowest BCUT2D eigenvalue weighted by Crippen LogP contribution is -2.50. The van der Waals surface area contributed by atoms with Gasteiger partial charge in [-0.15, -0.1) is 13.2 Å². The van der Waals surface area contributed by atoms with E-state index in [0.29, 0.717) is 6.92 Å². The van der Waals surface area contributed by atoms with Gasteiger partial charge in [0.05, 0.1) is 16.2 Å². The highest BCUT2D eigenvalue weighted by molar-refractivity contribution is 6.36. The summed E-state index contributed by atoms with van der Waals surface area (Å²) >= 11 is 5.72. The molecule has 0 aliphatic carbocycles. The molecule has 0 aliphatic rings. The van der Waals surface area contributed by atoms with Crippen molar-refractivity contribution in [2.75, 3.05) is 5.32 Å². The van der Waals surface area contributed by atoms with Crippen molar-refractivity contribution in [1.29, 1.82) is 0 Å². The lowest BCUT2D eigenvalue weighted by Gasteiger charge is -2.31. The number of nitro groups is 1. The number of anilines is 1. The first-order chi connectivity index (χ1) is 15.7. The molecule has 0 aromatic heterocycles. The zero-order valence-electron chi connectivity index (χ0n) is 16.6. The van der Waals surface area contributed by atoms with Gasteiger partial charge in [0.15, 0.2) is 5.75 Å². The van der Waals surface area contributed by atoms with Crippen molar-refractivity contribution < 1.29 is 58.4 Å². The van der Waals surface area contributed by atoms with E-state index in [1.165, 1.54) is 0 Å². The van der Waals surface area contributed by atoms with Crippen molar-refractivity contribution in [2.45, 2.75) is 31.3 Å². The summed E-state index contributed by atoms with van der Waals surface area (Å²) in [6, 6.07) is 2.11. The van der Waals surface area contributed by atoms with Crippen LogP contribution in [0.3, 0.4) is 0 Å². The van der Waals surface area contributed by atoms with Gasteiger partial charge < -0.3 is 10.1 Å². The van der Waals surface area contributed by atoms with E-state index in [9.17, 15) is 58.8 Å². The summed E-state index contributed by atoms with van der Waals surface area (Å²) in [6.07, 6.45) is -19.0. The molecule has 0 saturated carbocycles. The topological polar surface area (TPSA) is 81.5 Å². The van der Waals surface area contributed by atoms with E-state index < -0.39 is 80.1 Å². The fourth-order valence-electron chi connectivity index (χ4n) is 2.82. The van der Waals surface area contributed by atoms with Crippen LogP contribution in [0.2, 0.25) is 5.02 Å². The van der Waals surface area contributed by atoms with Crippen LogP contribution in [0.15, 0.2) is 30.3 Å². The van der Waals surface area contributed by atoms with Crippen LogP contribution in [0.25, 0.3) is 0 Å². The van der Waals surface area contributed by atoms with Crippen molar-refractivity contribution in [2.24, 2.45) is 0 Å². The Balaban J connectivity index is 2.71. The van der Waals surface area contributed by atoms with Gasteiger partial charge in [0, 0.05) is 11.6 Å². The maximum absolute atomic E-state index is 14.4. The zero-order valence-corrected chi connectivity index (χ0v) is 17.4. The average molecular weight is 543 g/mol. The number of amides is 1. The molecule has 0 saturated heterocycles. The second-order valence-electron chi connectivity index (χ2n) is 6.72. The number of nitro benzene ring substituents is 1. The maximum Gasteiger partial charge on any atom is 0.573 e. The molecule has 1 N–H and O–H groups in total. The largest absolute Gasteiger partial charge is 0.573 e. The number of aryl methyl sites for hydroxylation is 1. The Morgan fingerprint density at radius 3 is 2.00 bits per heavy atom. The standard InChI is InChI=1S/C18H9ClF10N2O4/c1-7-5-8(15(20,16(21,22)23)17(24,25)26)6-11(35-18(27,28)29)13(7)30-14(32)9-3-2-4-10(12(9)19)31(33)34/h2-6H,1H3,(H,30,32). The number of carbonyl (C=O) groups excluding carboxylic acids is 1. The van der Waals surface area contributed by atoms with E-state index in [1.807, 2.05) is 0 Å². The minimum Gasteiger partial charge on any atom is -0.404 e. The predicted molar refractivity (Wildman–Crippen MR) is 98.8 cm³/mol. The summed E-state index contributed by atoms with van der Waals surface area (Å²) in [7, 11) is 0. The summed E-state index contributed by atoms with van der Waals surface area (Å²) in [5.41, 5.74) is -11.9. The number of rotatable bonds is 5. The van der Waals surface area contributed by atoms with E-state index >= 15 is 0 Å². The van der Waals surface area contributed by atoms with Crippen LogP contribution in [-0.4, -0.2) is 29.5 Å². The smallest absolute Gasteiger partial charge is 0.404 e. The second-order valence-corrected chi connectivity index (χ2v) is 7.10. The Bertz CT molecular complexity index is 1150. The van der Waals surface area contributed by atoms with E-state index in [0.717, 1.165) is 18.2 Å². The van der Waals surface area contributed by atoms with Gasteiger partial charge in [-0.25, -0.2) is 4.39 Å². The van der Waals surface area contributed by atoms with Gasteiger partial charge in [0.1, 0.15) is 5.02 Å². The zero-order chi connectivity index (χ0) is 27.1. The SMILES string of the molecule is Cc1cc(C(F)(C(F)(F)F)C(F)(F)F)cc(OC(F)(F)F)c1NC(=O)c1cccc([N+](=O)[O-])c1Cl. The van der Waals surface area contributed by atoms with Gasteiger partial charge in [-0.3, -0.25) is 14.9 Å². The second kappa shape index (κ2) is 9.05. The normalized spacial score (nSPS) is 12.9. The molecule has 0 aliphatic heterocycles. The molecule has 192 valence electrons. The molecular formula is C18H9ClF10N2O4. The van der Waals surface area contributed by atoms with Gasteiger partial charge in [-0.05, 0) is 30.7 Å². The molecule has 2 rings (SSSR count). The Hall–Kier alpha value is -3.30. The lowest BCUT2D eigenvalue weighted by atomic mass is 9.92. The van der Waals surface area contributed by atoms with Crippen molar-refractivity contribution in [1.82, 2.24) is 0 Å². The highest BCUT2D eigenvalue weighted by atomic mass is 35.5. The number of hydrogen-bond acceptors (Lipinski definition) is 4. The molecule has 17 heteroatoms. The lowest BCUT2D eigenvalue weighted by molar-refractivity contribution is -0.384. The van der Waals surface area contributed by atoms with Crippen LogP contribution in [0.5, 0.6) is 5.75 Å². The quantitative estimate of drug-likeness (QED) is 0.251. The highest BCUT2D eigenvalue weighted by Crippen LogP contribution is 2.54. The Morgan fingerprint density at radius 2 is 1.54 bits per heavy atom. The number of nitrogens with one attached hydrogen (secondary N) is 1. The highest BCUT2D eigenvalue weighted by Gasteiger charge is 2.73. The van der Waals surface area contributed by atoms with Gasteiger partial charge in [0.2, 0.25) is 0 Å². The van der Waals surface area contributed by atoms with Crippen molar-refractivity contribution >= 4 is 28.9 Å². The molecule has 1 amide bonds. The number of ether oxygens (including phenoxy) is 1. The van der Waals surface area contributed by atoms with Crippen LogP contribution in [-0.2, 0) is 5.67 Å². The van der Waals surface area contributed by atoms with Crippen LogP contribution < -0.4 is 10.1 Å². The minimum atomic E-state index is -6.64. The number of alkyl halides is 10. The first-order valence-corrected chi connectivity index (χ1v) is 9.06. The molecule has 0 atom stereocenters. The molecule has 2 aromatic rings.